The number of hydrogen-bond donors (Lipinski definition) is 2. The lowest BCUT2D eigenvalue weighted by molar-refractivity contribution is -0.137. The third-order valence-electron chi connectivity index (χ3n) is 3.27. The third kappa shape index (κ3) is 1.71. The summed E-state index contributed by atoms with van der Waals surface area (Å²) in [5, 5.41) is 2.81. The van der Waals surface area contributed by atoms with Crippen molar-refractivity contribution in [2.45, 2.75) is 31.8 Å². The highest BCUT2D eigenvalue weighted by molar-refractivity contribution is 5.86. The van der Waals surface area contributed by atoms with Crippen LogP contribution in [0, 0.1) is 5.92 Å². The second-order valence-electron chi connectivity index (χ2n) is 4.38. The molecular formula is C10H17N3O2. The van der Waals surface area contributed by atoms with Gasteiger partial charge in [-0.1, -0.05) is 0 Å². The van der Waals surface area contributed by atoms with Crippen molar-refractivity contribution in [3.63, 3.8) is 0 Å². The minimum Gasteiger partial charge on any atom is -0.354 e. The minimum absolute atomic E-state index is 0.0125. The molecule has 0 spiro atoms. The molecule has 3 N–H and O–H groups in total. The van der Waals surface area contributed by atoms with Gasteiger partial charge in [0.25, 0.3) is 0 Å². The fourth-order valence-electron chi connectivity index (χ4n) is 2.49. The highest BCUT2D eigenvalue weighted by Gasteiger charge is 2.42. The zero-order valence-electron chi connectivity index (χ0n) is 8.90. The molecule has 2 fully saturated rings. The van der Waals surface area contributed by atoms with Gasteiger partial charge in [0.05, 0.1) is 18.0 Å². The molecule has 84 valence electrons. The van der Waals surface area contributed by atoms with E-state index in [0.717, 1.165) is 19.4 Å². The maximum absolute atomic E-state index is 11.8. The first kappa shape index (κ1) is 10.4. The number of hydrogen-bond acceptors (Lipinski definition) is 3. The lowest BCUT2D eigenvalue weighted by Gasteiger charge is -2.36. The number of carbonyl (C=O) groups excluding carboxylic acids is 2. The molecule has 0 radical (unpaired) electrons. The lowest BCUT2D eigenvalue weighted by Crippen LogP contribution is -2.53. The number of piperidine rings is 1. The molecule has 2 heterocycles. The van der Waals surface area contributed by atoms with E-state index in [1.807, 2.05) is 0 Å². The summed E-state index contributed by atoms with van der Waals surface area (Å²) in [7, 11) is 0. The molecule has 0 bridgehead atoms. The molecule has 2 saturated heterocycles. The molecular weight excluding hydrogens is 194 g/mol. The van der Waals surface area contributed by atoms with Crippen LogP contribution >= 0.6 is 0 Å². The van der Waals surface area contributed by atoms with E-state index in [1.165, 1.54) is 0 Å². The number of fused-ring (bicyclic) bond motifs is 1. The zero-order chi connectivity index (χ0) is 11.0. The minimum atomic E-state index is -0.473. The largest absolute Gasteiger partial charge is 0.354 e. The Labute approximate surface area is 89.0 Å². The topological polar surface area (TPSA) is 75.4 Å². The first-order valence-corrected chi connectivity index (χ1v) is 5.45. The summed E-state index contributed by atoms with van der Waals surface area (Å²) in [6, 6.07) is -0.441. The van der Waals surface area contributed by atoms with Crippen LogP contribution in [0.2, 0.25) is 0 Å². The Kier molecular flexibility index (Phi) is 2.65. The lowest BCUT2D eigenvalue weighted by atomic mass is 9.91. The predicted octanol–water partition coefficient (Wildman–Crippen LogP) is -0.929. The molecule has 0 aromatic rings. The van der Waals surface area contributed by atoms with Crippen LogP contribution in [0.3, 0.4) is 0 Å². The second-order valence-corrected chi connectivity index (χ2v) is 4.38. The number of nitrogens with zero attached hydrogens (tertiary/aromatic N) is 1. The summed E-state index contributed by atoms with van der Waals surface area (Å²) < 4.78 is 0. The van der Waals surface area contributed by atoms with Crippen molar-refractivity contribution in [1.29, 1.82) is 0 Å². The van der Waals surface area contributed by atoms with Gasteiger partial charge in [-0.25, -0.2) is 0 Å². The van der Waals surface area contributed by atoms with E-state index in [2.05, 4.69) is 5.32 Å². The van der Waals surface area contributed by atoms with Crippen molar-refractivity contribution in [1.82, 2.24) is 10.2 Å². The van der Waals surface area contributed by atoms with Crippen LogP contribution in [0.4, 0.5) is 0 Å². The van der Waals surface area contributed by atoms with Crippen LogP contribution in [0.25, 0.3) is 0 Å². The van der Waals surface area contributed by atoms with Gasteiger partial charge in [-0.2, -0.15) is 0 Å². The number of nitrogens with two attached hydrogens (primary N) is 1. The normalized spacial score (nSPS) is 32.1. The van der Waals surface area contributed by atoms with E-state index in [9.17, 15) is 9.59 Å². The number of carbonyl (C=O) groups is 2. The molecule has 0 aliphatic carbocycles. The van der Waals surface area contributed by atoms with Crippen LogP contribution in [-0.2, 0) is 9.59 Å². The molecule has 15 heavy (non-hydrogen) atoms. The molecule has 5 nitrogen and oxygen atoms in total. The molecule has 3 unspecified atom stereocenters. The molecule has 0 aromatic carbocycles. The SMILES string of the molecule is CC(N)C(=O)N1CCCC2C(=O)NCC21. The third-order valence-corrected chi connectivity index (χ3v) is 3.27. The van der Waals surface area contributed by atoms with Gasteiger partial charge in [0.2, 0.25) is 11.8 Å². The van der Waals surface area contributed by atoms with Gasteiger partial charge in [0, 0.05) is 13.1 Å². The number of likely N-dealkylation sites (tertiary alicyclic amines) is 1. The maximum atomic E-state index is 11.8. The van der Waals surface area contributed by atoms with Crippen molar-refractivity contribution in [2.75, 3.05) is 13.1 Å². The van der Waals surface area contributed by atoms with Crippen LogP contribution in [0.1, 0.15) is 19.8 Å². The Balaban J connectivity index is 2.13. The Bertz CT molecular complexity index is 290. The molecule has 2 aliphatic heterocycles. The molecule has 5 heteroatoms. The maximum Gasteiger partial charge on any atom is 0.239 e. The fourth-order valence-corrected chi connectivity index (χ4v) is 2.49. The first-order valence-electron chi connectivity index (χ1n) is 5.45. The van der Waals surface area contributed by atoms with Crippen molar-refractivity contribution >= 4 is 11.8 Å². The summed E-state index contributed by atoms with van der Waals surface area (Å²) in [6.45, 7) is 3.01. The van der Waals surface area contributed by atoms with E-state index >= 15 is 0 Å². The van der Waals surface area contributed by atoms with Crippen molar-refractivity contribution in [2.24, 2.45) is 11.7 Å². The molecule has 2 amide bonds. The van der Waals surface area contributed by atoms with E-state index in [4.69, 9.17) is 5.73 Å². The van der Waals surface area contributed by atoms with Gasteiger partial charge in [-0.3, -0.25) is 9.59 Å². The molecule has 2 aliphatic rings. The standard InChI is InChI=1S/C10H17N3O2/c1-6(11)10(15)13-4-2-3-7-8(13)5-12-9(7)14/h6-8H,2-5,11H2,1H3,(H,12,14). The Hall–Kier alpha value is -1.10. The number of nitrogens with one attached hydrogen (secondary N) is 1. The van der Waals surface area contributed by atoms with Crippen LogP contribution in [0.15, 0.2) is 0 Å². The van der Waals surface area contributed by atoms with Crippen molar-refractivity contribution in [3.05, 3.63) is 0 Å². The fraction of sp³-hybridized carbons (Fsp3) is 0.800. The van der Waals surface area contributed by atoms with Gasteiger partial charge in [0.1, 0.15) is 0 Å². The second kappa shape index (κ2) is 3.81. The van der Waals surface area contributed by atoms with E-state index in [-0.39, 0.29) is 23.8 Å². The molecule has 0 saturated carbocycles. The summed E-state index contributed by atoms with van der Waals surface area (Å²) in [6.07, 6.45) is 1.78. The predicted molar refractivity (Wildman–Crippen MR) is 54.9 cm³/mol. The number of rotatable bonds is 1. The van der Waals surface area contributed by atoms with Gasteiger partial charge in [-0.15, -0.1) is 0 Å². The van der Waals surface area contributed by atoms with Gasteiger partial charge < -0.3 is 16.0 Å². The Morgan fingerprint density at radius 2 is 2.40 bits per heavy atom. The number of amides is 2. The highest BCUT2D eigenvalue weighted by Crippen LogP contribution is 2.27. The average Bonchev–Trinajstić information content (AvgIpc) is 2.59. The quantitative estimate of drug-likeness (QED) is 0.588. The van der Waals surface area contributed by atoms with Crippen molar-refractivity contribution in [3.8, 4) is 0 Å². The van der Waals surface area contributed by atoms with Crippen LogP contribution < -0.4 is 11.1 Å². The van der Waals surface area contributed by atoms with Crippen LogP contribution in [-0.4, -0.2) is 41.9 Å². The zero-order valence-corrected chi connectivity index (χ0v) is 8.90. The highest BCUT2D eigenvalue weighted by atomic mass is 16.2. The van der Waals surface area contributed by atoms with E-state index in [0.29, 0.717) is 6.54 Å². The summed E-state index contributed by atoms with van der Waals surface area (Å²) in [5.74, 6) is 0.0322. The summed E-state index contributed by atoms with van der Waals surface area (Å²) >= 11 is 0. The molecule has 2 rings (SSSR count). The average molecular weight is 211 g/mol. The summed E-state index contributed by atoms with van der Waals surface area (Å²) in [5.41, 5.74) is 5.59. The Morgan fingerprint density at radius 1 is 1.67 bits per heavy atom. The van der Waals surface area contributed by atoms with Gasteiger partial charge in [0.15, 0.2) is 0 Å². The molecule has 3 atom stereocenters. The van der Waals surface area contributed by atoms with Crippen LogP contribution in [0.5, 0.6) is 0 Å². The monoisotopic (exact) mass is 211 g/mol. The first-order chi connectivity index (χ1) is 7.11. The van der Waals surface area contributed by atoms with E-state index in [1.54, 1.807) is 11.8 Å². The smallest absolute Gasteiger partial charge is 0.239 e. The van der Waals surface area contributed by atoms with E-state index < -0.39 is 6.04 Å². The van der Waals surface area contributed by atoms with Gasteiger partial charge >= 0.3 is 0 Å². The Morgan fingerprint density at radius 3 is 3.07 bits per heavy atom. The molecule has 0 aromatic heterocycles. The van der Waals surface area contributed by atoms with Gasteiger partial charge in [-0.05, 0) is 19.8 Å². The van der Waals surface area contributed by atoms with Crippen molar-refractivity contribution < 1.29 is 9.59 Å². The summed E-state index contributed by atoms with van der Waals surface area (Å²) in [4.78, 5) is 25.0.